The van der Waals surface area contributed by atoms with Gasteiger partial charge in [0.1, 0.15) is 11.3 Å². The third kappa shape index (κ3) is 2.06. The molecule has 0 aliphatic carbocycles. The average molecular weight is 275 g/mol. The number of halogens is 1. The third-order valence-corrected chi connectivity index (χ3v) is 3.43. The van der Waals surface area contributed by atoms with Gasteiger partial charge in [0.2, 0.25) is 0 Å². The summed E-state index contributed by atoms with van der Waals surface area (Å²) in [5.41, 5.74) is 0.944. The largest absolute Gasteiger partial charge is 0.497 e. The van der Waals surface area contributed by atoms with Crippen LogP contribution in [0.4, 0.5) is 0 Å². The molecule has 1 aromatic heterocycles. The van der Waals surface area contributed by atoms with Gasteiger partial charge < -0.3 is 9.15 Å². The van der Waals surface area contributed by atoms with Gasteiger partial charge >= 0.3 is 5.63 Å². The summed E-state index contributed by atoms with van der Waals surface area (Å²) in [6, 6.07) is 11.0. The van der Waals surface area contributed by atoms with E-state index in [1.807, 2.05) is 30.3 Å². The summed E-state index contributed by atoms with van der Waals surface area (Å²) >= 11 is 5.88. The summed E-state index contributed by atoms with van der Waals surface area (Å²) in [6.45, 7) is 0. The molecule has 3 nitrogen and oxygen atoms in total. The Morgan fingerprint density at radius 1 is 1.16 bits per heavy atom. The first-order chi connectivity index (χ1) is 9.21. The summed E-state index contributed by atoms with van der Waals surface area (Å²) in [5.74, 6) is 1.05. The van der Waals surface area contributed by atoms with Crippen molar-refractivity contribution in [2.24, 2.45) is 0 Å². The zero-order valence-corrected chi connectivity index (χ0v) is 11.0. The van der Waals surface area contributed by atoms with E-state index in [1.165, 1.54) is 6.07 Å². The molecule has 4 heteroatoms. The van der Waals surface area contributed by atoms with Gasteiger partial charge in [-0.05, 0) is 40.6 Å². The Bertz CT molecular complexity index is 821. The van der Waals surface area contributed by atoms with Crippen LogP contribution in [0.25, 0.3) is 21.7 Å². The predicted molar refractivity (Wildman–Crippen MR) is 76.1 cm³/mol. The molecular formula is C15H11ClO3. The van der Waals surface area contributed by atoms with Crippen LogP contribution >= 0.6 is 11.6 Å². The maximum atomic E-state index is 11.5. The summed E-state index contributed by atoms with van der Waals surface area (Å²) in [7, 11) is 1.62. The Balaban J connectivity index is 2.40. The van der Waals surface area contributed by atoms with E-state index >= 15 is 0 Å². The van der Waals surface area contributed by atoms with Crippen molar-refractivity contribution in [2.75, 3.05) is 7.11 Å². The Kier molecular flexibility index (Phi) is 2.91. The lowest BCUT2D eigenvalue weighted by Crippen LogP contribution is -1.99. The van der Waals surface area contributed by atoms with Crippen molar-refractivity contribution in [3.63, 3.8) is 0 Å². The van der Waals surface area contributed by atoms with Crippen molar-refractivity contribution in [3.05, 3.63) is 52.4 Å². The molecule has 0 saturated carbocycles. The molecule has 3 aromatic rings. The van der Waals surface area contributed by atoms with E-state index in [2.05, 4.69) is 0 Å². The fourth-order valence-corrected chi connectivity index (χ4v) is 2.41. The van der Waals surface area contributed by atoms with Crippen LogP contribution in [0.1, 0.15) is 5.56 Å². The lowest BCUT2D eigenvalue weighted by Gasteiger charge is -2.06. The van der Waals surface area contributed by atoms with Gasteiger partial charge in [0.25, 0.3) is 0 Å². The van der Waals surface area contributed by atoms with Crippen molar-refractivity contribution in [3.8, 4) is 5.75 Å². The number of hydrogen-bond acceptors (Lipinski definition) is 3. The van der Waals surface area contributed by atoms with E-state index in [4.69, 9.17) is 20.8 Å². The average Bonchev–Trinajstić information content (AvgIpc) is 2.43. The van der Waals surface area contributed by atoms with Gasteiger partial charge in [-0.15, -0.1) is 11.6 Å². The minimum absolute atomic E-state index is 0.282. The normalized spacial score (nSPS) is 11.1. The number of alkyl halides is 1. The van der Waals surface area contributed by atoms with Crippen LogP contribution in [0.15, 0.2) is 45.6 Å². The van der Waals surface area contributed by atoms with Gasteiger partial charge in [-0.25, -0.2) is 4.79 Å². The molecule has 0 unspecified atom stereocenters. The number of methoxy groups -OCH3 is 1. The molecule has 0 spiro atoms. The first-order valence-electron chi connectivity index (χ1n) is 5.82. The minimum Gasteiger partial charge on any atom is -0.497 e. The van der Waals surface area contributed by atoms with Crippen molar-refractivity contribution in [1.29, 1.82) is 0 Å². The molecule has 96 valence electrons. The Morgan fingerprint density at radius 3 is 2.74 bits per heavy atom. The fraction of sp³-hybridized carbons (Fsp3) is 0.133. The number of rotatable bonds is 2. The third-order valence-electron chi connectivity index (χ3n) is 3.14. The molecule has 0 fully saturated rings. The van der Waals surface area contributed by atoms with Crippen molar-refractivity contribution in [1.82, 2.24) is 0 Å². The molecule has 3 rings (SSSR count). The van der Waals surface area contributed by atoms with Gasteiger partial charge in [0.15, 0.2) is 0 Å². The quantitative estimate of drug-likeness (QED) is 0.406. The van der Waals surface area contributed by atoms with E-state index in [1.54, 1.807) is 7.11 Å². The molecule has 0 amide bonds. The van der Waals surface area contributed by atoms with Crippen LogP contribution in [0.5, 0.6) is 5.75 Å². The van der Waals surface area contributed by atoms with Crippen LogP contribution in [0, 0.1) is 0 Å². The molecule has 0 bridgehead atoms. The minimum atomic E-state index is -0.384. The summed E-state index contributed by atoms with van der Waals surface area (Å²) in [4.78, 5) is 11.5. The Morgan fingerprint density at radius 2 is 2.00 bits per heavy atom. The van der Waals surface area contributed by atoms with E-state index in [0.29, 0.717) is 5.58 Å². The van der Waals surface area contributed by atoms with Gasteiger partial charge in [-0.1, -0.05) is 6.07 Å². The van der Waals surface area contributed by atoms with Crippen LogP contribution in [-0.4, -0.2) is 7.11 Å². The van der Waals surface area contributed by atoms with Crippen molar-refractivity contribution in [2.45, 2.75) is 5.88 Å². The first kappa shape index (κ1) is 12.1. The standard InChI is InChI=1S/C15H11ClO3/c1-18-12-3-2-9-5-13-11(8-16)7-15(17)19-14(13)6-10(9)4-12/h2-7H,8H2,1H3. The van der Waals surface area contributed by atoms with E-state index in [0.717, 1.165) is 27.5 Å². The predicted octanol–water partition coefficient (Wildman–Crippen LogP) is 3.69. The SMILES string of the molecule is COc1ccc2cc3c(CCl)cc(=O)oc3cc2c1. The second-order valence-corrected chi connectivity index (χ2v) is 4.55. The Hall–Kier alpha value is -2.00. The van der Waals surface area contributed by atoms with E-state index < -0.39 is 0 Å². The molecule has 1 heterocycles. The topological polar surface area (TPSA) is 39.4 Å². The zero-order chi connectivity index (χ0) is 13.4. The maximum Gasteiger partial charge on any atom is 0.336 e. The molecule has 0 saturated heterocycles. The van der Waals surface area contributed by atoms with Crippen molar-refractivity contribution < 1.29 is 9.15 Å². The first-order valence-corrected chi connectivity index (χ1v) is 6.35. The van der Waals surface area contributed by atoms with Gasteiger partial charge in [0, 0.05) is 17.3 Å². The lowest BCUT2D eigenvalue weighted by atomic mass is 10.0. The number of benzene rings is 2. The molecular weight excluding hydrogens is 264 g/mol. The highest BCUT2D eigenvalue weighted by Gasteiger charge is 2.07. The zero-order valence-electron chi connectivity index (χ0n) is 10.3. The molecule has 0 atom stereocenters. The van der Waals surface area contributed by atoms with Crippen LogP contribution < -0.4 is 10.4 Å². The molecule has 19 heavy (non-hydrogen) atoms. The lowest BCUT2D eigenvalue weighted by molar-refractivity contribution is 0.415. The number of fused-ring (bicyclic) bond motifs is 2. The van der Waals surface area contributed by atoms with Crippen molar-refractivity contribution >= 4 is 33.3 Å². The second kappa shape index (κ2) is 4.59. The molecule has 2 aromatic carbocycles. The molecule has 0 aliphatic rings. The van der Waals surface area contributed by atoms with Crippen LogP contribution in [0.3, 0.4) is 0 Å². The summed E-state index contributed by atoms with van der Waals surface area (Å²) in [6.07, 6.45) is 0. The molecule has 0 radical (unpaired) electrons. The smallest absolute Gasteiger partial charge is 0.336 e. The maximum absolute atomic E-state index is 11.5. The summed E-state index contributed by atoms with van der Waals surface area (Å²) < 4.78 is 10.4. The van der Waals surface area contributed by atoms with E-state index in [9.17, 15) is 4.79 Å². The highest BCUT2D eigenvalue weighted by Crippen LogP contribution is 2.27. The van der Waals surface area contributed by atoms with Gasteiger partial charge in [0.05, 0.1) is 7.11 Å². The van der Waals surface area contributed by atoms with Crippen LogP contribution in [-0.2, 0) is 5.88 Å². The van der Waals surface area contributed by atoms with Gasteiger partial charge in [-0.3, -0.25) is 0 Å². The number of ether oxygens (including phenoxy) is 1. The Labute approximate surface area is 114 Å². The highest BCUT2D eigenvalue weighted by atomic mass is 35.5. The number of hydrogen-bond donors (Lipinski definition) is 0. The van der Waals surface area contributed by atoms with E-state index in [-0.39, 0.29) is 11.5 Å². The molecule has 0 N–H and O–H groups in total. The van der Waals surface area contributed by atoms with Crippen LogP contribution in [0.2, 0.25) is 0 Å². The summed E-state index contributed by atoms with van der Waals surface area (Å²) in [5, 5.41) is 2.88. The highest BCUT2D eigenvalue weighted by molar-refractivity contribution is 6.18. The molecule has 0 aliphatic heterocycles. The monoisotopic (exact) mass is 274 g/mol. The van der Waals surface area contributed by atoms with Gasteiger partial charge in [-0.2, -0.15) is 0 Å². The fourth-order valence-electron chi connectivity index (χ4n) is 2.19. The second-order valence-electron chi connectivity index (χ2n) is 4.29.